The van der Waals surface area contributed by atoms with Gasteiger partial charge in [-0.15, -0.1) is 11.3 Å². The van der Waals surface area contributed by atoms with Gasteiger partial charge in [-0.2, -0.15) is 0 Å². The van der Waals surface area contributed by atoms with Crippen LogP contribution in [0.15, 0.2) is 140 Å². The fourth-order valence-corrected chi connectivity index (χ4v) is 11.0. The van der Waals surface area contributed by atoms with Gasteiger partial charge in [0.15, 0.2) is 0 Å². The summed E-state index contributed by atoms with van der Waals surface area (Å²) >= 11 is 1.95. The highest BCUT2D eigenvalue weighted by molar-refractivity contribution is 7.26. The predicted molar refractivity (Wildman–Crippen MR) is 182 cm³/mol. The molecule has 0 fully saturated rings. The van der Waals surface area contributed by atoms with Crippen molar-refractivity contribution >= 4 is 67.0 Å². The predicted octanol–water partition coefficient (Wildman–Crippen LogP) is 9.99. The van der Waals surface area contributed by atoms with Gasteiger partial charge in [-0.05, 0) is 75.1 Å². The number of anilines is 3. The first-order valence-corrected chi connectivity index (χ1v) is 18.0. The number of para-hydroxylation sites is 1. The molecule has 0 aliphatic carbocycles. The highest BCUT2D eigenvalue weighted by Gasteiger charge is 2.39. The monoisotopic (exact) mass is 559 g/mol. The third kappa shape index (κ3) is 3.81. The van der Waals surface area contributed by atoms with E-state index in [1.54, 1.807) is 5.19 Å². The van der Waals surface area contributed by atoms with Crippen LogP contribution in [-0.2, 0) is 0 Å². The first-order chi connectivity index (χ1) is 20.1. The quantitative estimate of drug-likeness (QED) is 0.194. The van der Waals surface area contributed by atoms with E-state index in [9.17, 15) is 0 Å². The Balaban J connectivity index is 1.29. The van der Waals surface area contributed by atoms with E-state index in [1.807, 2.05) is 11.3 Å². The van der Waals surface area contributed by atoms with Crippen molar-refractivity contribution < 1.29 is 0 Å². The summed E-state index contributed by atoms with van der Waals surface area (Å²) in [6.07, 6.45) is 0. The average molecular weight is 560 g/mol. The standard InChI is InChI=1S/C38H29NSSi/c1-41(2)35-24-23-32-31-15-9-10-16-34(31)40-38(32)37(35)33-22-21-30(25-36(33)41)39(28-13-7-4-8-14-28)29-19-17-27(18-20-29)26-11-5-3-6-12-26/h3-25H,1-2H3. The van der Waals surface area contributed by atoms with Gasteiger partial charge in [0.05, 0.1) is 0 Å². The van der Waals surface area contributed by atoms with Gasteiger partial charge < -0.3 is 4.90 Å². The topological polar surface area (TPSA) is 3.24 Å². The maximum atomic E-state index is 2.52. The van der Waals surface area contributed by atoms with Gasteiger partial charge in [0.25, 0.3) is 0 Å². The average Bonchev–Trinajstić information content (AvgIpc) is 3.51. The molecule has 8 rings (SSSR count). The molecular weight excluding hydrogens is 531 g/mol. The lowest BCUT2D eigenvalue weighted by Crippen LogP contribution is -2.49. The Hall–Kier alpha value is -4.44. The minimum atomic E-state index is -1.90. The number of thiophene rings is 1. The maximum absolute atomic E-state index is 2.52. The second kappa shape index (κ2) is 9.30. The molecule has 41 heavy (non-hydrogen) atoms. The summed E-state index contributed by atoms with van der Waals surface area (Å²) in [7, 11) is -1.90. The number of hydrogen-bond acceptors (Lipinski definition) is 2. The van der Waals surface area contributed by atoms with Gasteiger partial charge in [0.1, 0.15) is 8.07 Å². The van der Waals surface area contributed by atoms with Crippen molar-refractivity contribution in [3.8, 4) is 22.3 Å². The molecule has 0 saturated carbocycles. The van der Waals surface area contributed by atoms with Crippen LogP contribution in [0.1, 0.15) is 0 Å². The van der Waals surface area contributed by atoms with Crippen molar-refractivity contribution in [3.63, 3.8) is 0 Å². The molecule has 1 aliphatic rings. The van der Waals surface area contributed by atoms with Crippen LogP contribution in [0.25, 0.3) is 42.4 Å². The van der Waals surface area contributed by atoms with Gasteiger partial charge in [0.2, 0.25) is 0 Å². The lowest BCUT2D eigenvalue weighted by Gasteiger charge is -2.27. The third-order valence-corrected chi connectivity index (χ3v) is 13.4. The highest BCUT2D eigenvalue weighted by atomic mass is 32.1. The van der Waals surface area contributed by atoms with Crippen molar-refractivity contribution in [2.45, 2.75) is 13.1 Å². The van der Waals surface area contributed by atoms with Gasteiger partial charge in [-0.25, -0.2) is 0 Å². The molecule has 1 aliphatic heterocycles. The molecule has 0 radical (unpaired) electrons. The molecule has 0 saturated heterocycles. The molecule has 0 spiro atoms. The van der Waals surface area contributed by atoms with Crippen LogP contribution in [0.3, 0.4) is 0 Å². The zero-order valence-electron chi connectivity index (χ0n) is 23.1. The number of hydrogen-bond donors (Lipinski definition) is 0. The summed E-state index contributed by atoms with van der Waals surface area (Å²) in [5.74, 6) is 0. The first-order valence-electron chi connectivity index (χ1n) is 14.2. The molecule has 0 unspecified atom stereocenters. The van der Waals surface area contributed by atoms with E-state index >= 15 is 0 Å². The number of rotatable bonds is 4. The van der Waals surface area contributed by atoms with E-state index in [1.165, 1.54) is 59.0 Å². The van der Waals surface area contributed by atoms with E-state index in [0.29, 0.717) is 0 Å². The molecule has 0 bridgehead atoms. The van der Waals surface area contributed by atoms with Crippen molar-refractivity contribution in [3.05, 3.63) is 140 Å². The Kier molecular flexibility index (Phi) is 5.53. The zero-order valence-corrected chi connectivity index (χ0v) is 25.0. The van der Waals surface area contributed by atoms with Crippen LogP contribution in [-0.4, -0.2) is 8.07 Å². The molecule has 1 nitrogen and oxygen atoms in total. The van der Waals surface area contributed by atoms with Crippen LogP contribution in [0.5, 0.6) is 0 Å². The Morgan fingerprint density at radius 3 is 1.93 bits per heavy atom. The smallest absolute Gasteiger partial charge is 0.114 e. The summed E-state index contributed by atoms with van der Waals surface area (Å²) < 4.78 is 2.81. The van der Waals surface area contributed by atoms with E-state index in [0.717, 1.165) is 5.69 Å². The number of nitrogens with zero attached hydrogens (tertiary/aromatic N) is 1. The molecular formula is C38H29NSSi. The summed E-state index contributed by atoms with van der Waals surface area (Å²) in [4.78, 5) is 2.40. The lowest BCUT2D eigenvalue weighted by atomic mass is 10.0. The molecule has 7 aromatic rings. The number of fused-ring (bicyclic) bond motifs is 7. The second-order valence-electron chi connectivity index (χ2n) is 11.4. The minimum absolute atomic E-state index is 1.16. The summed E-state index contributed by atoms with van der Waals surface area (Å²) in [6.45, 7) is 5.03. The highest BCUT2D eigenvalue weighted by Crippen LogP contribution is 2.43. The van der Waals surface area contributed by atoms with Crippen molar-refractivity contribution in [2.24, 2.45) is 0 Å². The Labute approximate surface area is 246 Å². The molecule has 3 heteroatoms. The van der Waals surface area contributed by atoms with Crippen LogP contribution in [0.4, 0.5) is 17.1 Å². The maximum Gasteiger partial charge on any atom is 0.114 e. The van der Waals surface area contributed by atoms with Crippen LogP contribution < -0.4 is 15.3 Å². The molecule has 6 aromatic carbocycles. The number of benzene rings is 6. The Morgan fingerprint density at radius 1 is 0.512 bits per heavy atom. The summed E-state index contributed by atoms with van der Waals surface area (Å²) in [6, 6.07) is 51.2. The van der Waals surface area contributed by atoms with E-state index < -0.39 is 8.07 Å². The van der Waals surface area contributed by atoms with E-state index in [2.05, 4.69) is 158 Å². The lowest BCUT2D eigenvalue weighted by molar-refractivity contribution is 1.29. The Morgan fingerprint density at radius 2 is 1.15 bits per heavy atom. The molecule has 0 amide bonds. The summed E-state index contributed by atoms with van der Waals surface area (Å²) in [5.41, 5.74) is 8.90. The second-order valence-corrected chi connectivity index (χ2v) is 16.8. The van der Waals surface area contributed by atoms with E-state index in [4.69, 9.17) is 0 Å². The molecule has 1 aromatic heterocycles. The first kappa shape index (κ1) is 24.4. The van der Waals surface area contributed by atoms with Crippen LogP contribution >= 0.6 is 11.3 Å². The van der Waals surface area contributed by atoms with Crippen molar-refractivity contribution in [2.75, 3.05) is 4.90 Å². The van der Waals surface area contributed by atoms with Crippen LogP contribution in [0, 0.1) is 0 Å². The fourth-order valence-electron chi connectivity index (χ4n) is 6.59. The van der Waals surface area contributed by atoms with Gasteiger partial charge in [-0.3, -0.25) is 0 Å². The molecule has 2 heterocycles. The summed E-state index contributed by atoms with van der Waals surface area (Å²) in [5, 5.41) is 5.84. The fraction of sp³-hybridized carbons (Fsp3) is 0.0526. The molecule has 196 valence electrons. The van der Waals surface area contributed by atoms with Gasteiger partial charge in [-0.1, -0.05) is 110 Å². The SMILES string of the molecule is C[Si]1(C)c2cc(N(c3ccccc3)c3ccc(-c4ccccc4)cc3)ccc2-c2c1ccc1c2sc2ccccc21. The largest absolute Gasteiger partial charge is 0.311 e. The molecule has 0 N–H and O–H groups in total. The van der Waals surface area contributed by atoms with Gasteiger partial charge in [0, 0.05) is 37.2 Å². The zero-order chi connectivity index (χ0) is 27.6. The van der Waals surface area contributed by atoms with Crippen molar-refractivity contribution in [1.82, 2.24) is 0 Å². The van der Waals surface area contributed by atoms with Gasteiger partial charge >= 0.3 is 0 Å². The Bertz CT molecular complexity index is 2060. The third-order valence-electron chi connectivity index (χ3n) is 8.67. The molecule has 0 atom stereocenters. The van der Waals surface area contributed by atoms with Crippen LogP contribution in [0.2, 0.25) is 13.1 Å². The normalized spacial score (nSPS) is 13.3. The van der Waals surface area contributed by atoms with E-state index in [-0.39, 0.29) is 0 Å². The van der Waals surface area contributed by atoms with Crippen molar-refractivity contribution in [1.29, 1.82) is 0 Å². The minimum Gasteiger partial charge on any atom is -0.311 e.